The van der Waals surface area contributed by atoms with Crippen molar-refractivity contribution in [1.29, 1.82) is 0 Å². The number of carbonyl (C=O) groups is 1. The molecule has 1 aromatic heterocycles. The van der Waals surface area contributed by atoms with E-state index in [-0.39, 0.29) is 5.15 Å². The molecule has 1 aromatic rings. The Hall–Kier alpha value is -1.36. The first-order valence-electron chi connectivity index (χ1n) is 7.55. The highest BCUT2D eigenvalue weighted by Gasteiger charge is 2.24. The molecule has 0 atom stereocenters. The number of amides is 1. The van der Waals surface area contributed by atoms with E-state index in [4.69, 9.17) is 17.3 Å². The average molecular weight is 311 g/mol. The standard InChI is InChI=1S/C15H23ClN4O/c1-10(2)3-4-11-5-7-20(8-6-11)15-12(14(17)21)9-13(16)18-19-15/h9-11H,3-8H2,1-2H3,(H2,17,21). The van der Waals surface area contributed by atoms with Crippen LogP contribution in [0.25, 0.3) is 0 Å². The van der Waals surface area contributed by atoms with Crippen LogP contribution in [0.3, 0.4) is 0 Å². The number of piperidine rings is 1. The maximum absolute atomic E-state index is 11.5. The van der Waals surface area contributed by atoms with Crippen LogP contribution in [0.4, 0.5) is 5.82 Å². The van der Waals surface area contributed by atoms with Crippen LogP contribution in [0.1, 0.15) is 49.9 Å². The van der Waals surface area contributed by atoms with E-state index in [0.29, 0.717) is 11.4 Å². The van der Waals surface area contributed by atoms with E-state index in [2.05, 4.69) is 28.9 Å². The number of primary amides is 1. The van der Waals surface area contributed by atoms with Crippen molar-refractivity contribution in [3.8, 4) is 0 Å². The van der Waals surface area contributed by atoms with Gasteiger partial charge in [-0.15, -0.1) is 10.2 Å². The fraction of sp³-hybridized carbons (Fsp3) is 0.667. The summed E-state index contributed by atoms with van der Waals surface area (Å²) in [4.78, 5) is 13.6. The maximum atomic E-state index is 11.5. The van der Waals surface area contributed by atoms with Gasteiger partial charge in [0.25, 0.3) is 5.91 Å². The summed E-state index contributed by atoms with van der Waals surface area (Å²) in [5.74, 6) is 1.57. The molecule has 6 heteroatoms. The molecule has 0 saturated carbocycles. The molecule has 1 fully saturated rings. The largest absolute Gasteiger partial charge is 0.365 e. The van der Waals surface area contributed by atoms with Gasteiger partial charge in [0.2, 0.25) is 0 Å². The Labute approximate surface area is 130 Å². The van der Waals surface area contributed by atoms with Gasteiger partial charge in [-0.2, -0.15) is 0 Å². The van der Waals surface area contributed by atoms with Gasteiger partial charge in [-0.1, -0.05) is 38.3 Å². The summed E-state index contributed by atoms with van der Waals surface area (Å²) >= 11 is 5.79. The van der Waals surface area contributed by atoms with Crippen LogP contribution in [0.2, 0.25) is 5.15 Å². The van der Waals surface area contributed by atoms with Crippen molar-refractivity contribution in [2.24, 2.45) is 17.6 Å². The third-order valence-corrected chi connectivity index (χ3v) is 4.26. The normalized spacial score (nSPS) is 16.5. The molecule has 1 aliphatic rings. The van der Waals surface area contributed by atoms with Crippen molar-refractivity contribution in [1.82, 2.24) is 10.2 Å². The van der Waals surface area contributed by atoms with Crippen LogP contribution in [0, 0.1) is 11.8 Å². The van der Waals surface area contributed by atoms with Gasteiger partial charge in [0.05, 0.1) is 5.56 Å². The Morgan fingerprint density at radius 3 is 2.67 bits per heavy atom. The molecule has 2 N–H and O–H groups in total. The van der Waals surface area contributed by atoms with Crippen molar-refractivity contribution in [2.45, 2.75) is 39.5 Å². The van der Waals surface area contributed by atoms with Gasteiger partial charge in [-0.05, 0) is 30.7 Å². The lowest BCUT2D eigenvalue weighted by Crippen LogP contribution is -2.36. The van der Waals surface area contributed by atoms with Crippen LogP contribution in [0.15, 0.2) is 6.07 Å². The molecule has 21 heavy (non-hydrogen) atoms. The zero-order valence-electron chi connectivity index (χ0n) is 12.7. The first-order valence-corrected chi connectivity index (χ1v) is 7.93. The monoisotopic (exact) mass is 310 g/mol. The number of halogens is 1. The topological polar surface area (TPSA) is 72.1 Å². The van der Waals surface area contributed by atoms with E-state index in [1.165, 1.54) is 18.9 Å². The maximum Gasteiger partial charge on any atom is 0.252 e. The molecule has 116 valence electrons. The van der Waals surface area contributed by atoms with Gasteiger partial charge < -0.3 is 10.6 Å². The van der Waals surface area contributed by atoms with E-state index in [9.17, 15) is 4.79 Å². The van der Waals surface area contributed by atoms with Crippen LogP contribution in [-0.4, -0.2) is 29.2 Å². The summed E-state index contributed by atoms with van der Waals surface area (Å²) in [6.45, 7) is 6.30. The van der Waals surface area contributed by atoms with E-state index >= 15 is 0 Å². The van der Waals surface area contributed by atoms with E-state index < -0.39 is 5.91 Å². The summed E-state index contributed by atoms with van der Waals surface area (Å²) in [5.41, 5.74) is 5.76. The SMILES string of the molecule is CC(C)CCC1CCN(c2nnc(Cl)cc2C(N)=O)CC1. The van der Waals surface area contributed by atoms with Crippen molar-refractivity contribution in [3.63, 3.8) is 0 Å². The molecule has 1 amide bonds. The van der Waals surface area contributed by atoms with Gasteiger partial charge in [0, 0.05) is 13.1 Å². The minimum Gasteiger partial charge on any atom is -0.365 e. The molecule has 0 aliphatic carbocycles. The number of nitrogens with zero attached hydrogens (tertiary/aromatic N) is 3. The Balaban J connectivity index is 2.01. The highest BCUT2D eigenvalue weighted by molar-refractivity contribution is 6.29. The quantitative estimate of drug-likeness (QED) is 0.907. The van der Waals surface area contributed by atoms with Crippen LogP contribution in [0.5, 0.6) is 0 Å². The first-order chi connectivity index (χ1) is 9.97. The highest BCUT2D eigenvalue weighted by Crippen LogP contribution is 2.28. The number of hydrogen-bond donors (Lipinski definition) is 1. The lowest BCUT2D eigenvalue weighted by molar-refractivity contribution is 0.1000. The van der Waals surface area contributed by atoms with Gasteiger partial charge in [-0.25, -0.2) is 0 Å². The Kier molecular flexibility index (Phi) is 5.39. The minimum absolute atomic E-state index is 0.194. The average Bonchev–Trinajstić information content (AvgIpc) is 2.45. The van der Waals surface area contributed by atoms with Crippen LogP contribution in [-0.2, 0) is 0 Å². The summed E-state index contributed by atoms with van der Waals surface area (Å²) in [7, 11) is 0. The van der Waals surface area contributed by atoms with Gasteiger partial charge in [0.1, 0.15) is 0 Å². The number of carbonyl (C=O) groups excluding carboxylic acids is 1. The predicted molar refractivity (Wildman–Crippen MR) is 84.6 cm³/mol. The fourth-order valence-corrected chi connectivity index (χ4v) is 2.93. The van der Waals surface area contributed by atoms with Gasteiger partial charge in [-0.3, -0.25) is 4.79 Å². The van der Waals surface area contributed by atoms with Gasteiger partial charge >= 0.3 is 0 Å². The minimum atomic E-state index is -0.510. The van der Waals surface area contributed by atoms with E-state index in [0.717, 1.165) is 37.8 Å². The lowest BCUT2D eigenvalue weighted by Gasteiger charge is -2.33. The number of anilines is 1. The number of nitrogens with two attached hydrogens (primary N) is 1. The van der Waals surface area contributed by atoms with E-state index in [1.807, 2.05) is 0 Å². The number of rotatable bonds is 5. The summed E-state index contributed by atoms with van der Waals surface area (Å²) in [5, 5.41) is 8.10. The first kappa shape index (κ1) is 16.0. The molecule has 0 spiro atoms. The zero-order chi connectivity index (χ0) is 15.4. The molecule has 0 unspecified atom stereocenters. The number of hydrogen-bond acceptors (Lipinski definition) is 4. The molecule has 0 bridgehead atoms. The van der Waals surface area contributed by atoms with Crippen molar-refractivity contribution in [2.75, 3.05) is 18.0 Å². The molecule has 2 rings (SSSR count). The predicted octanol–water partition coefficient (Wildman–Crippen LogP) is 2.88. The second kappa shape index (κ2) is 7.07. The smallest absolute Gasteiger partial charge is 0.252 e. The van der Waals surface area contributed by atoms with Crippen molar-refractivity contribution >= 4 is 23.3 Å². The van der Waals surface area contributed by atoms with Crippen LogP contribution < -0.4 is 10.6 Å². The molecule has 1 aliphatic heterocycles. The third-order valence-electron chi connectivity index (χ3n) is 4.08. The van der Waals surface area contributed by atoms with Crippen molar-refractivity contribution in [3.05, 3.63) is 16.8 Å². The summed E-state index contributed by atoms with van der Waals surface area (Å²) < 4.78 is 0. The molecule has 1 saturated heterocycles. The summed E-state index contributed by atoms with van der Waals surface area (Å²) in [6, 6.07) is 1.50. The second-order valence-electron chi connectivity index (χ2n) is 6.17. The molecule has 0 radical (unpaired) electrons. The molecule has 2 heterocycles. The van der Waals surface area contributed by atoms with E-state index in [1.54, 1.807) is 0 Å². The Morgan fingerprint density at radius 1 is 1.43 bits per heavy atom. The molecule has 0 aromatic carbocycles. The van der Waals surface area contributed by atoms with Crippen molar-refractivity contribution < 1.29 is 4.79 Å². The Morgan fingerprint density at radius 2 is 2.10 bits per heavy atom. The molecular weight excluding hydrogens is 288 g/mol. The fourth-order valence-electron chi connectivity index (χ4n) is 2.78. The van der Waals surface area contributed by atoms with Gasteiger partial charge in [0.15, 0.2) is 11.0 Å². The second-order valence-corrected chi connectivity index (χ2v) is 6.56. The van der Waals surface area contributed by atoms with Crippen LogP contribution >= 0.6 is 11.6 Å². The molecule has 5 nitrogen and oxygen atoms in total. The summed E-state index contributed by atoms with van der Waals surface area (Å²) in [6.07, 6.45) is 4.79. The Bertz CT molecular complexity index is 498. The lowest BCUT2D eigenvalue weighted by atomic mass is 9.89. The third kappa shape index (κ3) is 4.30. The molecular formula is C15H23ClN4O. The highest BCUT2D eigenvalue weighted by atomic mass is 35.5. The number of aromatic nitrogens is 2. The zero-order valence-corrected chi connectivity index (χ0v) is 13.4.